The van der Waals surface area contributed by atoms with Gasteiger partial charge in [-0.1, -0.05) is 39.8 Å². The fourth-order valence-corrected chi connectivity index (χ4v) is 4.81. The summed E-state index contributed by atoms with van der Waals surface area (Å²) in [6, 6.07) is 7.73. The fourth-order valence-electron chi connectivity index (χ4n) is 4.81. The van der Waals surface area contributed by atoms with Crippen molar-refractivity contribution in [3.8, 4) is 0 Å². The number of hydrogen-bond acceptors (Lipinski definition) is 5. The summed E-state index contributed by atoms with van der Waals surface area (Å²) in [4.78, 5) is 24.5. The summed E-state index contributed by atoms with van der Waals surface area (Å²) in [5.41, 5.74) is 1.89. The number of carbonyl (C=O) groups excluding carboxylic acids is 2. The van der Waals surface area contributed by atoms with Gasteiger partial charge in [-0.15, -0.1) is 0 Å². The normalized spacial score (nSPS) is 25.9. The second-order valence-corrected chi connectivity index (χ2v) is 10.3. The second-order valence-electron chi connectivity index (χ2n) is 10.3. The van der Waals surface area contributed by atoms with E-state index in [0.717, 1.165) is 19.4 Å². The van der Waals surface area contributed by atoms with Crippen molar-refractivity contribution in [3.05, 3.63) is 35.4 Å². The minimum absolute atomic E-state index is 0.0887. The largest absolute Gasteiger partial charge is 0.464 e. The molecule has 2 fully saturated rings. The molecule has 2 unspecified atom stereocenters. The maximum absolute atomic E-state index is 12.4. The molecule has 172 valence electrons. The molecule has 1 N–H and O–H groups in total. The summed E-state index contributed by atoms with van der Waals surface area (Å²) in [5.74, 6) is 2.25. The average Bonchev–Trinajstić information content (AvgIpc) is 2.75. The first-order valence-electron chi connectivity index (χ1n) is 12.0. The molecule has 0 aromatic heterocycles. The standard InChI is InChI=1S/C26H39NO4/c1-17(2)15-30-25(28)21-8-5-19(6-9-21)11-20-7-10-22-14-27-24(13-23(22)12-20)26(29)31-16-18(3)4/h5-6,8-9,17-18,20,22-24,27H,7,10-16H2,1-4H3/t20-,22?,23?,24+/m1/s1. The van der Waals surface area contributed by atoms with Crippen LogP contribution < -0.4 is 5.32 Å². The second kappa shape index (κ2) is 11.1. The lowest BCUT2D eigenvalue weighted by Crippen LogP contribution is -2.50. The van der Waals surface area contributed by atoms with E-state index >= 15 is 0 Å². The Hall–Kier alpha value is -1.88. The van der Waals surface area contributed by atoms with Crippen LogP contribution in [0.3, 0.4) is 0 Å². The lowest BCUT2D eigenvalue weighted by atomic mass is 9.68. The Labute approximate surface area is 187 Å². The van der Waals surface area contributed by atoms with E-state index in [1.807, 2.05) is 26.0 Å². The number of ether oxygens (including phenoxy) is 2. The van der Waals surface area contributed by atoms with E-state index in [1.165, 1.54) is 24.8 Å². The zero-order valence-electron chi connectivity index (χ0n) is 19.6. The monoisotopic (exact) mass is 429 g/mol. The van der Waals surface area contributed by atoms with Crippen LogP contribution in [0.2, 0.25) is 0 Å². The SMILES string of the molecule is CC(C)COC(=O)c1ccc(C[C@H]2CCC3CN[C@H](C(=O)OCC(C)C)CC3C2)cc1. The van der Waals surface area contributed by atoms with E-state index in [4.69, 9.17) is 9.47 Å². The van der Waals surface area contributed by atoms with Crippen molar-refractivity contribution < 1.29 is 19.1 Å². The molecule has 5 nitrogen and oxygen atoms in total. The summed E-state index contributed by atoms with van der Waals surface area (Å²) in [6.07, 6.45) is 5.52. The molecule has 1 heterocycles. The Morgan fingerprint density at radius 3 is 2.29 bits per heavy atom. The van der Waals surface area contributed by atoms with Gasteiger partial charge >= 0.3 is 11.9 Å². The summed E-state index contributed by atoms with van der Waals surface area (Å²) < 4.78 is 10.8. The molecule has 1 aliphatic carbocycles. The topological polar surface area (TPSA) is 64.6 Å². The highest BCUT2D eigenvalue weighted by molar-refractivity contribution is 5.89. The molecule has 1 saturated heterocycles. The zero-order valence-corrected chi connectivity index (χ0v) is 19.6. The molecular formula is C26H39NO4. The quantitative estimate of drug-likeness (QED) is 0.610. The van der Waals surface area contributed by atoms with Gasteiger partial charge in [-0.2, -0.15) is 0 Å². The van der Waals surface area contributed by atoms with E-state index in [0.29, 0.717) is 48.4 Å². The van der Waals surface area contributed by atoms with Gasteiger partial charge in [0.2, 0.25) is 0 Å². The summed E-state index contributed by atoms with van der Waals surface area (Å²) in [6.45, 7) is 10.1. The highest BCUT2D eigenvalue weighted by Crippen LogP contribution is 2.40. The lowest BCUT2D eigenvalue weighted by Gasteiger charge is -2.42. The third-order valence-corrected chi connectivity index (χ3v) is 6.52. The number of fused-ring (bicyclic) bond motifs is 1. The van der Waals surface area contributed by atoms with Gasteiger partial charge in [-0.05, 0) is 85.9 Å². The summed E-state index contributed by atoms with van der Waals surface area (Å²) in [5, 5.41) is 3.42. The molecular weight excluding hydrogens is 390 g/mol. The van der Waals surface area contributed by atoms with E-state index in [2.05, 4.69) is 31.3 Å². The molecule has 2 aliphatic rings. The molecule has 0 radical (unpaired) electrons. The Balaban J connectivity index is 1.50. The van der Waals surface area contributed by atoms with Crippen molar-refractivity contribution in [2.45, 2.75) is 65.8 Å². The van der Waals surface area contributed by atoms with Gasteiger partial charge in [-0.3, -0.25) is 4.79 Å². The van der Waals surface area contributed by atoms with E-state index in [9.17, 15) is 9.59 Å². The average molecular weight is 430 g/mol. The number of nitrogens with one attached hydrogen (secondary N) is 1. The van der Waals surface area contributed by atoms with Crippen LogP contribution in [0.4, 0.5) is 0 Å². The minimum Gasteiger partial charge on any atom is -0.464 e. The van der Waals surface area contributed by atoms with Crippen LogP contribution in [0.1, 0.15) is 69.3 Å². The van der Waals surface area contributed by atoms with Gasteiger partial charge in [0.1, 0.15) is 6.04 Å². The first kappa shape index (κ1) is 23.8. The Kier molecular flexibility index (Phi) is 8.53. The molecule has 5 heteroatoms. The molecule has 1 aliphatic heterocycles. The molecule has 0 bridgehead atoms. The molecule has 0 amide bonds. The van der Waals surface area contributed by atoms with Crippen molar-refractivity contribution in [1.29, 1.82) is 0 Å². The summed E-state index contributed by atoms with van der Waals surface area (Å²) in [7, 11) is 0. The van der Waals surface area contributed by atoms with Gasteiger partial charge < -0.3 is 14.8 Å². The molecule has 3 rings (SSSR count). The van der Waals surface area contributed by atoms with E-state index in [1.54, 1.807) is 0 Å². The maximum Gasteiger partial charge on any atom is 0.338 e. The smallest absolute Gasteiger partial charge is 0.338 e. The molecule has 1 saturated carbocycles. The fraction of sp³-hybridized carbons (Fsp3) is 0.692. The third kappa shape index (κ3) is 7.06. The molecule has 1 aromatic carbocycles. The van der Waals surface area contributed by atoms with Gasteiger partial charge in [0, 0.05) is 0 Å². The maximum atomic E-state index is 12.4. The van der Waals surface area contributed by atoms with E-state index < -0.39 is 0 Å². The number of benzene rings is 1. The van der Waals surface area contributed by atoms with Crippen LogP contribution in [-0.4, -0.2) is 37.7 Å². The Bertz CT molecular complexity index is 727. The van der Waals surface area contributed by atoms with Gasteiger partial charge in [0.25, 0.3) is 0 Å². The van der Waals surface area contributed by atoms with Gasteiger partial charge in [0.15, 0.2) is 0 Å². The molecule has 4 atom stereocenters. The van der Waals surface area contributed by atoms with Crippen molar-refractivity contribution >= 4 is 11.9 Å². The van der Waals surface area contributed by atoms with Crippen molar-refractivity contribution in [2.24, 2.45) is 29.6 Å². The van der Waals surface area contributed by atoms with Crippen LogP contribution in [-0.2, 0) is 20.7 Å². The van der Waals surface area contributed by atoms with Crippen LogP contribution >= 0.6 is 0 Å². The van der Waals surface area contributed by atoms with Crippen molar-refractivity contribution in [1.82, 2.24) is 5.32 Å². The van der Waals surface area contributed by atoms with Gasteiger partial charge in [-0.25, -0.2) is 4.79 Å². The van der Waals surface area contributed by atoms with Crippen molar-refractivity contribution in [2.75, 3.05) is 19.8 Å². The van der Waals surface area contributed by atoms with Gasteiger partial charge in [0.05, 0.1) is 18.8 Å². The predicted molar refractivity (Wildman–Crippen MR) is 122 cm³/mol. The Morgan fingerprint density at radius 1 is 0.935 bits per heavy atom. The van der Waals surface area contributed by atoms with Crippen molar-refractivity contribution in [3.63, 3.8) is 0 Å². The van der Waals surface area contributed by atoms with Crippen LogP contribution in [0.5, 0.6) is 0 Å². The Morgan fingerprint density at radius 2 is 1.61 bits per heavy atom. The van der Waals surface area contributed by atoms with E-state index in [-0.39, 0.29) is 18.0 Å². The number of hydrogen-bond donors (Lipinski definition) is 1. The first-order valence-corrected chi connectivity index (χ1v) is 12.0. The highest BCUT2D eigenvalue weighted by Gasteiger charge is 2.38. The summed E-state index contributed by atoms with van der Waals surface area (Å²) >= 11 is 0. The highest BCUT2D eigenvalue weighted by atomic mass is 16.5. The number of carbonyl (C=O) groups is 2. The van der Waals surface area contributed by atoms with Crippen LogP contribution in [0.25, 0.3) is 0 Å². The molecule has 0 spiro atoms. The van der Waals surface area contributed by atoms with Crippen LogP contribution in [0, 0.1) is 29.6 Å². The predicted octanol–water partition coefficient (Wildman–Crippen LogP) is 4.64. The third-order valence-electron chi connectivity index (χ3n) is 6.52. The zero-order chi connectivity index (χ0) is 22.4. The molecule has 1 aromatic rings. The first-order chi connectivity index (χ1) is 14.8. The van der Waals surface area contributed by atoms with Crippen LogP contribution in [0.15, 0.2) is 24.3 Å². The number of esters is 2. The lowest BCUT2D eigenvalue weighted by molar-refractivity contribution is -0.149. The minimum atomic E-state index is -0.245. The number of piperidine rings is 1. The molecule has 31 heavy (non-hydrogen) atoms. The number of rotatable bonds is 8.